The van der Waals surface area contributed by atoms with Crippen molar-refractivity contribution in [1.82, 2.24) is 4.98 Å². The van der Waals surface area contributed by atoms with E-state index in [-0.39, 0.29) is 0 Å². The van der Waals surface area contributed by atoms with E-state index in [1.807, 2.05) is 20.8 Å². The number of nitriles is 1. The van der Waals surface area contributed by atoms with Crippen molar-refractivity contribution in [3.63, 3.8) is 0 Å². The van der Waals surface area contributed by atoms with Crippen LogP contribution in [0.25, 0.3) is 10.8 Å². The van der Waals surface area contributed by atoms with E-state index in [0.717, 1.165) is 27.6 Å². The molecule has 0 N–H and O–H groups in total. The van der Waals surface area contributed by atoms with Crippen LogP contribution < -0.4 is 0 Å². The summed E-state index contributed by atoms with van der Waals surface area (Å²) in [4.78, 5) is 4.64. The van der Waals surface area contributed by atoms with Crippen molar-refractivity contribution < 1.29 is 0 Å². The molecule has 0 atom stereocenters. The first-order chi connectivity index (χ1) is 11.1. The Morgan fingerprint density at radius 3 is 2.52 bits per heavy atom. The first-order valence-corrected chi connectivity index (χ1v) is 8.57. The zero-order valence-corrected chi connectivity index (χ0v) is 14.4. The Kier molecular flexibility index (Phi) is 4.36. The third-order valence-electron chi connectivity index (χ3n) is 4.32. The number of nitrogens with zero attached hydrogens (tertiary/aromatic N) is 2. The molecule has 0 radical (unpaired) electrons. The van der Waals surface area contributed by atoms with E-state index in [0.29, 0.717) is 5.56 Å². The summed E-state index contributed by atoms with van der Waals surface area (Å²) in [6.07, 6.45) is 0. The monoisotopic (exact) mass is 318 g/mol. The highest BCUT2D eigenvalue weighted by atomic mass is 32.2. The summed E-state index contributed by atoms with van der Waals surface area (Å²) in [5.41, 5.74) is 5.13. The van der Waals surface area contributed by atoms with Crippen molar-refractivity contribution in [2.24, 2.45) is 0 Å². The first kappa shape index (κ1) is 15.6. The number of thioether (sulfide) groups is 1. The first-order valence-electron chi connectivity index (χ1n) is 7.59. The van der Waals surface area contributed by atoms with E-state index in [2.05, 4.69) is 53.5 Å². The van der Waals surface area contributed by atoms with Gasteiger partial charge in [-0.25, -0.2) is 4.98 Å². The molecule has 0 aliphatic rings. The second kappa shape index (κ2) is 6.44. The van der Waals surface area contributed by atoms with Gasteiger partial charge in [-0.3, -0.25) is 0 Å². The second-order valence-electron chi connectivity index (χ2n) is 5.67. The molecule has 3 aromatic rings. The summed E-state index contributed by atoms with van der Waals surface area (Å²) in [6.45, 7) is 6.04. The Morgan fingerprint density at radius 1 is 1.00 bits per heavy atom. The molecule has 0 aliphatic heterocycles. The summed E-state index contributed by atoms with van der Waals surface area (Å²) in [5.74, 6) is 0.810. The van der Waals surface area contributed by atoms with Gasteiger partial charge in [0.15, 0.2) is 0 Å². The Bertz CT molecular complexity index is 918. The van der Waals surface area contributed by atoms with E-state index in [4.69, 9.17) is 0 Å². The van der Waals surface area contributed by atoms with Crippen LogP contribution in [-0.2, 0) is 5.75 Å². The lowest BCUT2D eigenvalue weighted by Crippen LogP contribution is -1.99. The third kappa shape index (κ3) is 2.95. The molecule has 114 valence electrons. The lowest BCUT2D eigenvalue weighted by molar-refractivity contribution is 0.999. The van der Waals surface area contributed by atoms with Crippen molar-refractivity contribution in [1.29, 1.82) is 5.26 Å². The smallest absolute Gasteiger partial charge is 0.115 e. The van der Waals surface area contributed by atoms with Gasteiger partial charge < -0.3 is 0 Å². The van der Waals surface area contributed by atoms with Crippen molar-refractivity contribution in [2.45, 2.75) is 31.6 Å². The predicted molar refractivity (Wildman–Crippen MR) is 96.7 cm³/mol. The Labute approximate surface area is 141 Å². The molecule has 1 aromatic heterocycles. The standard InChI is InChI=1S/C20H18N2S/c1-13-14(2)19(11-21)20(22-15(13)3)23-12-17-9-6-8-16-7-4-5-10-18(16)17/h4-10H,12H2,1-3H3. The number of benzene rings is 2. The van der Waals surface area contributed by atoms with Crippen molar-refractivity contribution in [3.05, 3.63) is 70.4 Å². The molecule has 0 saturated carbocycles. The lowest BCUT2D eigenvalue weighted by atomic mass is 10.1. The highest BCUT2D eigenvalue weighted by molar-refractivity contribution is 7.98. The average molecular weight is 318 g/mol. The number of hydrogen-bond donors (Lipinski definition) is 0. The molecule has 0 bridgehead atoms. The van der Waals surface area contributed by atoms with Crippen LogP contribution in [0.4, 0.5) is 0 Å². The van der Waals surface area contributed by atoms with Crippen molar-refractivity contribution in [3.8, 4) is 6.07 Å². The molecule has 23 heavy (non-hydrogen) atoms. The normalized spacial score (nSPS) is 10.7. The van der Waals surface area contributed by atoms with Gasteiger partial charge in [0.1, 0.15) is 11.1 Å². The van der Waals surface area contributed by atoms with Gasteiger partial charge in [-0.05, 0) is 48.2 Å². The van der Waals surface area contributed by atoms with Gasteiger partial charge >= 0.3 is 0 Å². The topological polar surface area (TPSA) is 36.7 Å². The number of fused-ring (bicyclic) bond motifs is 1. The largest absolute Gasteiger partial charge is 0.245 e. The van der Waals surface area contributed by atoms with Crippen LogP contribution >= 0.6 is 11.8 Å². The van der Waals surface area contributed by atoms with Crippen LogP contribution in [0.3, 0.4) is 0 Å². The minimum atomic E-state index is 0.707. The molecule has 0 amide bonds. The highest BCUT2D eigenvalue weighted by Crippen LogP contribution is 2.30. The Morgan fingerprint density at radius 2 is 1.74 bits per heavy atom. The summed E-state index contributed by atoms with van der Waals surface area (Å²) in [7, 11) is 0. The molecule has 0 aliphatic carbocycles. The summed E-state index contributed by atoms with van der Waals surface area (Å²) >= 11 is 1.64. The average Bonchev–Trinajstić information content (AvgIpc) is 2.58. The van der Waals surface area contributed by atoms with Gasteiger partial charge in [0.25, 0.3) is 0 Å². The molecule has 3 rings (SSSR count). The number of hydrogen-bond acceptors (Lipinski definition) is 3. The van der Waals surface area contributed by atoms with E-state index >= 15 is 0 Å². The fourth-order valence-corrected chi connectivity index (χ4v) is 3.80. The fourth-order valence-electron chi connectivity index (χ4n) is 2.71. The highest BCUT2D eigenvalue weighted by Gasteiger charge is 2.13. The maximum atomic E-state index is 9.48. The van der Waals surface area contributed by atoms with E-state index in [1.165, 1.54) is 16.3 Å². The van der Waals surface area contributed by atoms with Gasteiger partial charge in [0.05, 0.1) is 5.56 Å². The molecule has 0 unspecified atom stereocenters. The molecule has 0 spiro atoms. The Hall–Kier alpha value is -2.31. The van der Waals surface area contributed by atoms with Crippen LogP contribution in [0.1, 0.15) is 27.9 Å². The maximum Gasteiger partial charge on any atom is 0.115 e. The van der Waals surface area contributed by atoms with E-state index < -0.39 is 0 Å². The molecular weight excluding hydrogens is 300 g/mol. The van der Waals surface area contributed by atoms with Crippen LogP contribution in [0.2, 0.25) is 0 Å². The molecule has 1 heterocycles. The zero-order chi connectivity index (χ0) is 16.4. The maximum absolute atomic E-state index is 9.48. The lowest BCUT2D eigenvalue weighted by Gasteiger charge is -2.12. The van der Waals surface area contributed by atoms with Crippen LogP contribution in [0.5, 0.6) is 0 Å². The van der Waals surface area contributed by atoms with Crippen LogP contribution in [0, 0.1) is 32.1 Å². The molecule has 0 fully saturated rings. The molecule has 0 saturated heterocycles. The number of pyridine rings is 1. The van der Waals surface area contributed by atoms with Crippen molar-refractivity contribution >= 4 is 22.5 Å². The van der Waals surface area contributed by atoms with Crippen LogP contribution in [-0.4, -0.2) is 4.98 Å². The van der Waals surface area contributed by atoms with Crippen LogP contribution in [0.15, 0.2) is 47.5 Å². The van der Waals surface area contributed by atoms with Gasteiger partial charge in [-0.2, -0.15) is 5.26 Å². The van der Waals surface area contributed by atoms with Gasteiger partial charge in [0.2, 0.25) is 0 Å². The van der Waals surface area contributed by atoms with Gasteiger partial charge in [-0.1, -0.05) is 42.5 Å². The predicted octanol–water partition coefficient (Wildman–Crippen LogP) is 5.32. The van der Waals surface area contributed by atoms with E-state index in [1.54, 1.807) is 11.8 Å². The molecule has 2 nitrogen and oxygen atoms in total. The molecular formula is C20H18N2S. The zero-order valence-electron chi connectivity index (χ0n) is 13.6. The van der Waals surface area contributed by atoms with Gasteiger partial charge in [-0.15, -0.1) is 11.8 Å². The fraction of sp³-hybridized carbons (Fsp3) is 0.200. The SMILES string of the molecule is Cc1nc(SCc2cccc3ccccc23)c(C#N)c(C)c1C. The van der Waals surface area contributed by atoms with Gasteiger partial charge in [0, 0.05) is 11.4 Å². The number of aryl methyl sites for hydroxylation is 1. The van der Waals surface area contributed by atoms with E-state index in [9.17, 15) is 5.26 Å². The second-order valence-corrected chi connectivity index (χ2v) is 6.63. The number of aromatic nitrogens is 1. The minimum Gasteiger partial charge on any atom is -0.245 e. The minimum absolute atomic E-state index is 0.707. The summed E-state index contributed by atoms with van der Waals surface area (Å²) in [5, 5.41) is 12.8. The molecule has 2 aromatic carbocycles. The quantitative estimate of drug-likeness (QED) is 0.613. The Balaban J connectivity index is 1.96. The summed E-state index contributed by atoms with van der Waals surface area (Å²) in [6, 6.07) is 17.1. The molecule has 3 heteroatoms. The number of rotatable bonds is 3. The third-order valence-corrected chi connectivity index (χ3v) is 5.34. The summed E-state index contributed by atoms with van der Waals surface area (Å²) < 4.78 is 0. The van der Waals surface area contributed by atoms with Crippen molar-refractivity contribution in [2.75, 3.05) is 0 Å².